The number of aryl methyl sites for hydroxylation is 1. The van der Waals surface area contributed by atoms with Crippen molar-refractivity contribution in [3.63, 3.8) is 0 Å². The van der Waals surface area contributed by atoms with Crippen molar-refractivity contribution in [2.75, 3.05) is 24.5 Å². The number of piperidine rings is 1. The van der Waals surface area contributed by atoms with Crippen LogP contribution < -0.4 is 10.2 Å². The Balaban J connectivity index is 1.34. The number of aliphatic hydroxyl groups is 1. The maximum atomic E-state index is 11.2. The molecule has 1 atom stereocenters. The summed E-state index contributed by atoms with van der Waals surface area (Å²) in [5.41, 5.74) is 1.72. The van der Waals surface area contributed by atoms with E-state index < -0.39 is 5.60 Å². The molecule has 1 aliphatic heterocycles. The molecule has 0 radical (unpaired) electrons. The molecule has 1 unspecified atom stereocenters. The molecule has 2 heterocycles. The van der Waals surface area contributed by atoms with Crippen LogP contribution >= 0.6 is 0 Å². The molecular formula is C21H27N3O. The van der Waals surface area contributed by atoms with Gasteiger partial charge >= 0.3 is 0 Å². The minimum Gasteiger partial charge on any atom is -0.384 e. The predicted octanol–water partition coefficient (Wildman–Crippen LogP) is 2.86. The molecule has 4 heteroatoms. The first-order chi connectivity index (χ1) is 12.2. The van der Waals surface area contributed by atoms with E-state index in [4.69, 9.17) is 0 Å². The van der Waals surface area contributed by atoms with Gasteiger partial charge in [-0.2, -0.15) is 0 Å². The second-order valence-corrected chi connectivity index (χ2v) is 7.37. The molecule has 0 bridgehead atoms. The molecule has 132 valence electrons. The number of nitrogens with one attached hydrogen (secondary N) is 1. The average molecular weight is 337 g/mol. The standard InChI is InChI=1S/C21H27N3O/c25-21(12-5-7-17-6-1-2-8-19(17)21)16-23-18-10-14-24(15-11-18)20-9-3-4-13-22-20/h1-4,6,8-9,13,18,23,25H,5,7,10-12,14-16H2. The summed E-state index contributed by atoms with van der Waals surface area (Å²) in [6.07, 6.45) is 7.04. The Morgan fingerprint density at radius 2 is 1.92 bits per heavy atom. The first-order valence-electron chi connectivity index (χ1n) is 9.45. The van der Waals surface area contributed by atoms with Gasteiger partial charge in [0.25, 0.3) is 0 Å². The van der Waals surface area contributed by atoms with Crippen LogP contribution in [0, 0.1) is 0 Å². The molecule has 1 aliphatic carbocycles. The van der Waals surface area contributed by atoms with Crippen LogP contribution in [0.3, 0.4) is 0 Å². The summed E-state index contributed by atoms with van der Waals surface area (Å²) in [4.78, 5) is 6.80. The second-order valence-electron chi connectivity index (χ2n) is 7.37. The zero-order valence-electron chi connectivity index (χ0n) is 14.7. The number of rotatable bonds is 4. The molecule has 1 aromatic heterocycles. The van der Waals surface area contributed by atoms with Gasteiger partial charge in [0.1, 0.15) is 11.4 Å². The summed E-state index contributed by atoms with van der Waals surface area (Å²) >= 11 is 0. The number of hydrogen-bond donors (Lipinski definition) is 2. The topological polar surface area (TPSA) is 48.4 Å². The maximum absolute atomic E-state index is 11.2. The van der Waals surface area contributed by atoms with Crippen molar-refractivity contribution >= 4 is 5.82 Å². The molecule has 2 N–H and O–H groups in total. The Hall–Kier alpha value is -1.91. The van der Waals surface area contributed by atoms with E-state index in [1.807, 2.05) is 24.4 Å². The molecule has 2 aliphatic rings. The highest BCUT2D eigenvalue weighted by Crippen LogP contribution is 2.35. The van der Waals surface area contributed by atoms with Crippen molar-refractivity contribution in [3.8, 4) is 0 Å². The summed E-state index contributed by atoms with van der Waals surface area (Å²) < 4.78 is 0. The molecule has 2 aromatic rings. The van der Waals surface area contributed by atoms with E-state index in [9.17, 15) is 5.11 Å². The van der Waals surface area contributed by atoms with Crippen LogP contribution in [0.1, 0.15) is 36.8 Å². The van der Waals surface area contributed by atoms with Crippen LogP contribution in [-0.2, 0) is 12.0 Å². The lowest BCUT2D eigenvalue weighted by Crippen LogP contribution is -2.48. The summed E-state index contributed by atoms with van der Waals surface area (Å²) in [5, 5.41) is 14.8. The van der Waals surface area contributed by atoms with E-state index in [0.29, 0.717) is 12.6 Å². The third-order valence-corrected chi connectivity index (χ3v) is 5.71. The highest BCUT2D eigenvalue weighted by Gasteiger charge is 2.34. The molecule has 1 fully saturated rings. The summed E-state index contributed by atoms with van der Waals surface area (Å²) in [6, 6.07) is 14.9. The van der Waals surface area contributed by atoms with E-state index >= 15 is 0 Å². The molecule has 4 nitrogen and oxygen atoms in total. The van der Waals surface area contributed by atoms with Crippen LogP contribution in [0.4, 0.5) is 5.82 Å². The fraction of sp³-hybridized carbons (Fsp3) is 0.476. The van der Waals surface area contributed by atoms with E-state index in [1.54, 1.807) is 0 Å². The van der Waals surface area contributed by atoms with Crippen LogP contribution in [0.2, 0.25) is 0 Å². The van der Waals surface area contributed by atoms with Crippen LogP contribution in [0.25, 0.3) is 0 Å². The van der Waals surface area contributed by atoms with E-state index in [1.165, 1.54) is 5.56 Å². The Labute approximate surface area is 149 Å². The zero-order valence-corrected chi connectivity index (χ0v) is 14.7. The lowest BCUT2D eigenvalue weighted by atomic mass is 9.79. The van der Waals surface area contributed by atoms with Crippen LogP contribution in [-0.4, -0.2) is 35.8 Å². The SMILES string of the molecule is OC1(CNC2CCN(c3ccccn3)CC2)CCCc2ccccc21. The lowest BCUT2D eigenvalue weighted by Gasteiger charge is -2.38. The van der Waals surface area contributed by atoms with Crippen molar-refractivity contribution in [2.45, 2.75) is 43.7 Å². The van der Waals surface area contributed by atoms with Gasteiger partial charge in [-0.3, -0.25) is 0 Å². The number of nitrogens with zero attached hydrogens (tertiary/aromatic N) is 2. The Kier molecular flexibility index (Phi) is 4.73. The fourth-order valence-electron chi connectivity index (χ4n) is 4.25. The quantitative estimate of drug-likeness (QED) is 0.901. The number of aromatic nitrogens is 1. The third-order valence-electron chi connectivity index (χ3n) is 5.71. The van der Waals surface area contributed by atoms with Crippen molar-refractivity contribution in [2.24, 2.45) is 0 Å². The molecule has 0 saturated carbocycles. The largest absolute Gasteiger partial charge is 0.384 e. The highest BCUT2D eigenvalue weighted by atomic mass is 16.3. The van der Waals surface area contributed by atoms with E-state index in [2.05, 4.69) is 39.5 Å². The highest BCUT2D eigenvalue weighted by molar-refractivity contribution is 5.38. The molecule has 25 heavy (non-hydrogen) atoms. The Morgan fingerprint density at radius 1 is 1.12 bits per heavy atom. The zero-order chi connectivity index (χ0) is 17.1. The molecule has 0 amide bonds. The van der Waals surface area contributed by atoms with E-state index in [-0.39, 0.29) is 0 Å². The van der Waals surface area contributed by atoms with Crippen molar-refractivity contribution < 1.29 is 5.11 Å². The maximum Gasteiger partial charge on any atom is 0.128 e. The van der Waals surface area contributed by atoms with E-state index in [0.717, 1.165) is 56.6 Å². The lowest BCUT2D eigenvalue weighted by molar-refractivity contribution is 0.0159. The smallest absolute Gasteiger partial charge is 0.128 e. The summed E-state index contributed by atoms with van der Waals surface area (Å²) in [6.45, 7) is 2.69. The summed E-state index contributed by atoms with van der Waals surface area (Å²) in [7, 11) is 0. The number of benzene rings is 1. The number of fused-ring (bicyclic) bond motifs is 1. The first-order valence-corrected chi connectivity index (χ1v) is 9.45. The molecule has 0 spiro atoms. The van der Waals surface area contributed by atoms with Crippen LogP contribution in [0.15, 0.2) is 48.7 Å². The number of hydrogen-bond acceptors (Lipinski definition) is 4. The first kappa shape index (κ1) is 16.6. The van der Waals surface area contributed by atoms with Gasteiger partial charge < -0.3 is 15.3 Å². The number of anilines is 1. The van der Waals surface area contributed by atoms with Gasteiger partial charge in [-0.25, -0.2) is 4.98 Å². The third kappa shape index (κ3) is 3.55. The van der Waals surface area contributed by atoms with Gasteiger partial charge in [0, 0.05) is 31.9 Å². The number of pyridine rings is 1. The van der Waals surface area contributed by atoms with Crippen molar-refractivity contribution in [1.82, 2.24) is 10.3 Å². The molecule has 1 aromatic carbocycles. The van der Waals surface area contributed by atoms with Crippen molar-refractivity contribution in [3.05, 3.63) is 59.8 Å². The molecule has 4 rings (SSSR count). The predicted molar refractivity (Wildman–Crippen MR) is 101 cm³/mol. The normalized spacial score (nSPS) is 24.1. The summed E-state index contributed by atoms with van der Waals surface area (Å²) in [5.74, 6) is 1.07. The fourth-order valence-corrected chi connectivity index (χ4v) is 4.25. The van der Waals surface area contributed by atoms with Gasteiger partial charge in [-0.05, 0) is 55.4 Å². The van der Waals surface area contributed by atoms with Gasteiger partial charge in [0.05, 0.1) is 0 Å². The van der Waals surface area contributed by atoms with Crippen LogP contribution in [0.5, 0.6) is 0 Å². The van der Waals surface area contributed by atoms with Gasteiger partial charge in [0.15, 0.2) is 0 Å². The Morgan fingerprint density at radius 3 is 2.72 bits per heavy atom. The minimum atomic E-state index is -0.715. The average Bonchev–Trinajstić information content (AvgIpc) is 2.68. The molecular weight excluding hydrogens is 310 g/mol. The molecule has 1 saturated heterocycles. The van der Waals surface area contributed by atoms with Crippen molar-refractivity contribution in [1.29, 1.82) is 0 Å². The minimum absolute atomic E-state index is 0.470. The second kappa shape index (κ2) is 7.14. The monoisotopic (exact) mass is 337 g/mol. The van der Waals surface area contributed by atoms with Gasteiger partial charge in [0.2, 0.25) is 0 Å². The Bertz CT molecular complexity index is 697. The van der Waals surface area contributed by atoms with Gasteiger partial charge in [-0.1, -0.05) is 30.3 Å². The van der Waals surface area contributed by atoms with Gasteiger partial charge in [-0.15, -0.1) is 0 Å².